The van der Waals surface area contributed by atoms with E-state index in [9.17, 15) is 13.0 Å². The van der Waals surface area contributed by atoms with Gasteiger partial charge < -0.3 is 0 Å². The van der Waals surface area contributed by atoms with Crippen molar-refractivity contribution in [1.82, 2.24) is 0 Å². The minimum atomic E-state index is -4.04. The normalized spacial score (nSPS) is 16.0. The monoisotopic (exact) mass is 730 g/mol. The van der Waals surface area contributed by atoms with E-state index in [4.69, 9.17) is 4.43 Å². The topological polar surface area (TPSA) is 63.6 Å². The molecule has 0 saturated carbocycles. The van der Waals surface area contributed by atoms with Crippen LogP contribution in [-0.2, 0) is 14.5 Å². The van der Waals surface area contributed by atoms with Crippen molar-refractivity contribution < 1.29 is 17.4 Å². The summed E-state index contributed by atoms with van der Waals surface area (Å²) in [7, 11) is -5.86. The summed E-state index contributed by atoms with van der Waals surface area (Å²) in [6.45, 7) is 19.5. The van der Waals surface area contributed by atoms with Crippen LogP contribution in [0.25, 0.3) is 0 Å². The Kier molecular flexibility index (Phi) is 18.2. The Morgan fingerprint density at radius 2 is 1.56 bits per heavy atom. The molecule has 4 nitrogen and oxygen atoms in total. The van der Waals surface area contributed by atoms with Crippen molar-refractivity contribution in [3.05, 3.63) is 20.8 Å². The molecule has 8 heteroatoms. The predicted molar refractivity (Wildman–Crippen MR) is 157 cm³/mol. The fourth-order valence-electron chi connectivity index (χ4n) is 4.74. The van der Waals surface area contributed by atoms with Gasteiger partial charge in [0.1, 0.15) is 0 Å². The Labute approximate surface area is 228 Å². The Balaban J connectivity index is 5.75. The number of hydrogen-bond acceptors (Lipinski definition) is 3. The summed E-state index contributed by atoms with van der Waals surface area (Å²) in [5.41, 5.74) is -0.388. The Bertz CT molecular complexity index is 670. The molecule has 0 rings (SSSR count). The molecule has 0 aromatic rings. The van der Waals surface area contributed by atoms with E-state index in [1.807, 2.05) is 4.09 Å². The van der Waals surface area contributed by atoms with Crippen molar-refractivity contribution >= 4 is 58.0 Å². The zero-order valence-corrected chi connectivity index (χ0v) is 30.8. The van der Waals surface area contributed by atoms with Crippen LogP contribution in [0.1, 0.15) is 85.5 Å². The summed E-state index contributed by atoms with van der Waals surface area (Å²) in [6.07, 6.45) is 12.2. The molecular formula is C26H54O4SSiSn2. The second-order valence-electron chi connectivity index (χ2n) is 11.2. The molecule has 0 heterocycles. The van der Waals surface area contributed by atoms with Crippen molar-refractivity contribution in [3.8, 4) is 0 Å². The number of unbranched alkanes of at least 4 members (excludes halogenated alkanes) is 3. The van der Waals surface area contributed by atoms with E-state index in [0.717, 1.165) is 6.42 Å². The van der Waals surface area contributed by atoms with Crippen molar-refractivity contribution in [2.24, 2.45) is 0 Å². The van der Waals surface area contributed by atoms with E-state index in [0.29, 0.717) is 17.3 Å². The third kappa shape index (κ3) is 16.1. The summed E-state index contributed by atoms with van der Waals surface area (Å²) < 4.78 is 50.0. The van der Waals surface area contributed by atoms with E-state index < -0.39 is 63.2 Å². The summed E-state index contributed by atoms with van der Waals surface area (Å²) in [5, 5.41) is -0.678. The van der Waals surface area contributed by atoms with E-state index >= 15 is 0 Å². The molecule has 1 N–H and O–H groups in total. The SMILES string of the molecule is C=[CH][Sn][CH2]C(CCC(C)(CC=[CH][Sn]([CH2]CCC)([CH2]CCC)[CH2]CCC)O[Si](C)(C)C)S(=O)(=O)O. The summed E-state index contributed by atoms with van der Waals surface area (Å²) in [4.78, 5) is 0. The van der Waals surface area contributed by atoms with Crippen molar-refractivity contribution in [3.63, 3.8) is 0 Å². The molecule has 2 atom stereocenters. The molecule has 0 fully saturated rings. The second-order valence-corrected chi connectivity index (χ2v) is 33.9. The Morgan fingerprint density at radius 1 is 1.06 bits per heavy atom. The Hall–Kier alpha value is 1.16. The average molecular weight is 728 g/mol. The Morgan fingerprint density at radius 3 is 1.94 bits per heavy atom. The van der Waals surface area contributed by atoms with Gasteiger partial charge in [-0.3, -0.25) is 0 Å². The van der Waals surface area contributed by atoms with Gasteiger partial charge in [-0.1, -0.05) is 0 Å². The van der Waals surface area contributed by atoms with Crippen LogP contribution in [0.4, 0.5) is 0 Å². The maximum atomic E-state index is 12.0. The van der Waals surface area contributed by atoms with Crippen LogP contribution < -0.4 is 0 Å². The average Bonchev–Trinajstić information content (AvgIpc) is 2.72. The molecule has 0 aromatic carbocycles. The van der Waals surface area contributed by atoms with Gasteiger partial charge in [0.25, 0.3) is 0 Å². The molecule has 0 aliphatic rings. The molecule has 0 bridgehead atoms. The molecule has 0 aromatic heterocycles. The van der Waals surface area contributed by atoms with Gasteiger partial charge in [-0.05, 0) is 0 Å². The van der Waals surface area contributed by atoms with Crippen LogP contribution in [0.3, 0.4) is 0 Å². The van der Waals surface area contributed by atoms with E-state index in [-0.39, 0.29) is 5.60 Å². The standard InChI is InChI=1S/C12H24O4SSi.3C4H9.C2H3.2Sn/c1-7-9-12(3,16-18(4,5)6)10-8-11(2)17(13,14)15;3*1-3-4-2;1-2;;/h1,7,11H,2,8-10H2,3-6H3,(H,13,14,15);3*1,3-4H2,2H3;1H,2H2;;. The van der Waals surface area contributed by atoms with Crippen LogP contribution in [0.15, 0.2) is 20.8 Å². The molecule has 0 saturated heterocycles. The van der Waals surface area contributed by atoms with Crippen LogP contribution >= 0.6 is 0 Å². The van der Waals surface area contributed by atoms with Crippen molar-refractivity contribution in [1.29, 1.82) is 0 Å². The van der Waals surface area contributed by atoms with Crippen molar-refractivity contribution in [2.45, 2.75) is 134 Å². The molecule has 0 spiro atoms. The molecule has 200 valence electrons. The van der Waals surface area contributed by atoms with Gasteiger partial charge >= 0.3 is 230 Å². The first kappa shape index (κ1) is 35.2. The van der Waals surface area contributed by atoms with Gasteiger partial charge in [0, 0.05) is 0 Å². The quantitative estimate of drug-likeness (QED) is 0.0957. The van der Waals surface area contributed by atoms with Crippen LogP contribution in [0, 0.1) is 0 Å². The second kappa shape index (κ2) is 17.6. The zero-order chi connectivity index (χ0) is 26.3. The van der Waals surface area contributed by atoms with Crippen LogP contribution in [0.5, 0.6) is 0 Å². The van der Waals surface area contributed by atoms with Gasteiger partial charge in [0.2, 0.25) is 0 Å². The van der Waals surface area contributed by atoms with E-state index in [1.54, 1.807) is 0 Å². The predicted octanol–water partition coefficient (Wildman–Crippen LogP) is 8.23. The van der Waals surface area contributed by atoms with Gasteiger partial charge in [-0.25, -0.2) is 0 Å². The summed E-state index contributed by atoms with van der Waals surface area (Å²) >= 11 is -3.32. The van der Waals surface area contributed by atoms with Gasteiger partial charge in [-0.2, -0.15) is 0 Å². The van der Waals surface area contributed by atoms with Crippen LogP contribution in [0.2, 0.25) is 37.4 Å². The van der Waals surface area contributed by atoms with E-state index in [2.05, 4.69) is 64.1 Å². The number of hydrogen-bond donors (Lipinski definition) is 1. The van der Waals surface area contributed by atoms with Crippen molar-refractivity contribution in [2.75, 3.05) is 0 Å². The first-order valence-electron chi connectivity index (χ1n) is 13.4. The number of rotatable bonds is 21. The third-order valence-corrected chi connectivity index (χ3v) is 26.9. The minimum absolute atomic E-state index is 0.388. The molecular weight excluding hydrogens is 674 g/mol. The first-order valence-corrected chi connectivity index (χ1v) is 29.7. The first-order chi connectivity index (χ1) is 15.8. The third-order valence-electron chi connectivity index (χ3n) is 6.56. The molecule has 2 radical (unpaired) electrons. The fraction of sp³-hybridized carbons (Fsp3) is 0.846. The maximum absolute atomic E-state index is 12.0. The van der Waals surface area contributed by atoms with Gasteiger partial charge in [0.15, 0.2) is 0 Å². The van der Waals surface area contributed by atoms with E-state index in [1.165, 1.54) is 51.8 Å². The molecule has 0 aliphatic carbocycles. The molecule has 2 unspecified atom stereocenters. The fourth-order valence-corrected chi connectivity index (χ4v) is 25.7. The zero-order valence-electron chi connectivity index (χ0n) is 23.3. The summed E-state index contributed by atoms with van der Waals surface area (Å²) in [5.74, 6) is 0. The summed E-state index contributed by atoms with van der Waals surface area (Å²) in [6, 6.07) is 0. The van der Waals surface area contributed by atoms with Gasteiger partial charge in [-0.15, -0.1) is 0 Å². The molecule has 34 heavy (non-hydrogen) atoms. The van der Waals surface area contributed by atoms with Gasteiger partial charge in [0.05, 0.1) is 0 Å². The van der Waals surface area contributed by atoms with Crippen LogP contribution in [-0.4, -0.2) is 71.7 Å². The molecule has 0 aliphatic heterocycles. The molecule has 0 amide bonds.